The van der Waals surface area contributed by atoms with Gasteiger partial charge in [0.1, 0.15) is 12.6 Å². The lowest BCUT2D eigenvalue weighted by Gasteiger charge is -2.38. The number of nitrogens with zero attached hydrogens (tertiary/aromatic N) is 1. The Bertz CT molecular complexity index is 273. The zero-order valence-corrected chi connectivity index (χ0v) is 19.5. The summed E-state index contributed by atoms with van der Waals surface area (Å²) in [5, 5.41) is 9.91. The first kappa shape index (κ1) is 28.7. The molecule has 0 radical (unpaired) electrons. The number of rotatable bonds is 19. The largest absolute Gasteiger partial charge is 1.00 e. The molecule has 0 spiro atoms. The molecule has 4 heteroatoms. The van der Waals surface area contributed by atoms with Crippen molar-refractivity contribution in [1.82, 2.24) is 0 Å². The Balaban J connectivity index is 0. The van der Waals surface area contributed by atoms with Crippen LogP contribution in [0, 0.1) is 0 Å². The molecule has 0 saturated carbocycles. The second kappa shape index (κ2) is 20.2. The molecule has 0 aliphatic heterocycles. The van der Waals surface area contributed by atoms with Gasteiger partial charge in [-0.15, -0.1) is 11.6 Å². The van der Waals surface area contributed by atoms with Gasteiger partial charge in [0.15, 0.2) is 0 Å². The fourth-order valence-electron chi connectivity index (χ4n) is 3.85. The van der Waals surface area contributed by atoms with Crippen molar-refractivity contribution >= 4 is 11.6 Å². The van der Waals surface area contributed by atoms with Crippen molar-refractivity contribution in [1.29, 1.82) is 0 Å². The summed E-state index contributed by atoms with van der Waals surface area (Å²) in [6.07, 6.45) is 17.9. The maximum atomic E-state index is 9.91. The van der Waals surface area contributed by atoms with Gasteiger partial charge in [0, 0.05) is 0 Å². The molecule has 0 fully saturated rings. The molecule has 0 saturated heterocycles. The SMILES string of the molecule is CCCCCCCCCCCCCCC[N+](CC)(CC)CC(O)CCl.[Cl-]. The number of hydrogen-bond acceptors (Lipinski definition) is 1. The Morgan fingerprint density at radius 2 is 1.08 bits per heavy atom. The third-order valence-electron chi connectivity index (χ3n) is 5.85. The van der Waals surface area contributed by atoms with E-state index in [0.717, 1.165) is 24.1 Å². The first-order valence-electron chi connectivity index (χ1n) is 11.2. The fraction of sp³-hybridized carbons (Fsp3) is 1.00. The minimum absolute atomic E-state index is 0. The van der Waals surface area contributed by atoms with Crippen LogP contribution >= 0.6 is 11.6 Å². The Kier molecular flexibility index (Phi) is 22.3. The van der Waals surface area contributed by atoms with E-state index >= 15 is 0 Å². The Morgan fingerprint density at radius 1 is 0.692 bits per heavy atom. The zero-order chi connectivity index (χ0) is 18.8. The van der Waals surface area contributed by atoms with Gasteiger partial charge in [-0.1, -0.05) is 77.6 Å². The quantitative estimate of drug-likeness (QED) is 0.196. The van der Waals surface area contributed by atoms with Crippen molar-refractivity contribution in [2.24, 2.45) is 0 Å². The van der Waals surface area contributed by atoms with Crippen LogP contribution < -0.4 is 12.4 Å². The predicted octanol–water partition coefficient (Wildman–Crippen LogP) is 3.54. The van der Waals surface area contributed by atoms with Crippen molar-refractivity contribution < 1.29 is 22.0 Å². The van der Waals surface area contributed by atoms with E-state index in [1.54, 1.807) is 0 Å². The van der Waals surface area contributed by atoms with Crippen LogP contribution in [-0.2, 0) is 0 Å². The average Bonchev–Trinajstić information content (AvgIpc) is 2.64. The summed E-state index contributed by atoms with van der Waals surface area (Å²) in [7, 11) is 0. The maximum Gasteiger partial charge on any atom is 0.116 e. The van der Waals surface area contributed by atoms with Crippen LogP contribution in [-0.4, -0.2) is 47.8 Å². The lowest BCUT2D eigenvalue weighted by molar-refractivity contribution is -0.927. The average molecular weight is 413 g/mol. The highest BCUT2D eigenvalue weighted by Crippen LogP contribution is 2.15. The van der Waals surface area contributed by atoms with Crippen LogP contribution in [0.15, 0.2) is 0 Å². The summed E-state index contributed by atoms with van der Waals surface area (Å²) < 4.78 is 1.02. The molecule has 0 rings (SSSR count). The number of unbranched alkanes of at least 4 members (excludes halogenated alkanes) is 12. The fourth-order valence-corrected chi connectivity index (χ4v) is 3.95. The number of aliphatic hydroxyl groups excluding tert-OH is 1. The molecular formula is C22H47Cl2NO. The van der Waals surface area contributed by atoms with Crippen LogP contribution in [0.25, 0.3) is 0 Å². The van der Waals surface area contributed by atoms with E-state index < -0.39 is 0 Å². The number of quaternary nitrogens is 1. The molecule has 0 aliphatic rings. The third kappa shape index (κ3) is 15.5. The van der Waals surface area contributed by atoms with Crippen LogP contribution in [0.2, 0.25) is 0 Å². The number of halogens is 2. The van der Waals surface area contributed by atoms with Crippen LogP contribution in [0.5, 0.6) is 0 Å². The third-order valence-corrected chi connectivity index (χ3v) is 6.21. The van der Waals surface area contributed by atoms with E-state index in [2.05, 4.69) is 20.8 Å². The monoisotopic (exact) mass is 411 g/mol. The van der Waals surface area contributed by atoms with Crippen molar-refractivity contribution in [3.05, 3.63) is 0 Å². The number of likely N-dealkylation sites (N-methyl/N-ethyl adjacent to an activating group) is 1. The smallest absolute Gasteiger partial charge is 0.116 e. The van der Waals surface area contributed by atoms with E-state index in [1.165, 1.54) is 90.0 Å². The van der Waals surface area contributed by atoms with Gasteiger partial charge < -0.3 is 22.0 Å². The molecule has 0 amide bonds. The molecule has 1 N–H and O–H groups in total. The van der Waals surface area contributed by atoms with Gasteiger partial charge in [-0.25, -0.2) is 0 Å². The minimum atomic E-state index is -0.358. The topological polar surface area (TPSA) is 20.2 Å². The van der Waals surface area contributed by atoms with Gasteiger partial charge in [-0.05, 0) is 26.7 Å². The van der Waals surface area contributed by atoms with Crippen molar-refractivity contribution in [3.8, 4) is 0 Å². The Labute approximate surface area is 176 Å². The van der Waals surface area contributed by atoms with Crippen LogP contribution in [0.1, 0.15) is 104 Å². The number of hydrogen-bond donors (Lipinski definition) is 1. The minimum Gasteiger partial charge on any atom is -1.00 e. The van der Waals surface area contributed by atoms with Gasteiger partial charge in [0.25, 0.3) is 0 Å². The molecule has 0 bridgehead atoms. The van der Waals surface area contributed by atoms with Crippen LogP contribution in [0.3, 0.4) is 0 Å². The molecule has 0 aromatic rings. The summed E-state index contributed by atoms with van der Waals surface area (Å²) in [5.41, 5.74) is 0. The van der Waals surface area contributed by atoms with Gasteiger partial charge in [-0.2, -0.15) is 0 Å². The van der Waals surface area contributed by atoms with Gasteiger partial charge in [0.05, 0.1) is 25.5 Å². The summed E-state index contributed by atoms with van der Waals surface area (Å²) in [5.74, 6) is 0.360. The normalized spacial score (nSPS) is 12.8. The van der Waals surface area contributed by atoms with Gasteiger partial charge in [0.2, 0.25) is 0 Å². The molecule has 0 aromatic carbocycles. The summed E-state index contributed by atoms with van der Waals surface area (Å²) in [4.78, 5) is 0. The molecule has 0 aliphatic carbocycles. The number of alkyl halides is 1. The second-order valence-corrected chi connectivity index (χ2v) is 8.24. The molecule has 0 heterocycles. The lowest BCUT2D eigenvalue weighted by atomic mass is 10.0. The maximum absolute atomic E-state index is 9.91. The first-order chi connectivity index (χ1) is 12.1. The number of aliphatic hydroxyl groups is 1. The molecule has 0 aromatic heterocycles. The van der Waals surface area contributed by atoms with E-state index in [9.17, 15) is 5.11 Å². The second-order valence-electron chi connectivity index (χ2n) is 7.93. The molecular weight excluding hydrogens is 365 g/mol. The molecule has 26 heavy (non-hydrogen) atoms. The van der Waals surface area contributed by atoms with E-state index in [-0.39, 0.29) is 18.5 Å². The first-order valence-corrected chi connectivity index (χ1v) is 11.8. The zero-order valence-electron chi connectivity index (χ0n) is 18.0. The highest BCUT2D eigenvalue weighted by atomic mass is 35.5. The highest BCUT2D eigenvalue weighted by molar-refractivity contribution is 6.18. The van der Waals surface area contributed by atoms with E-state index in [4.69, 9.17) is 11.6 Å². The summed E-state index contributed by atoms with van der Waals surface area (Å²) in [6.45, 7) is 11.0. The molecule has 160 valence electrons. The van der Waals surface area contributed by atoms with Crippen molar-refractivity contribution in [2.75, 3.05) is 32.1 Å². The Hall–Kier alpha value is 0.500. The lowest BCUT2D eigenvalue weighted by Crippen LogP contribution is -3.00. The highest BCUT2D eigenvalue weighted by Gasteiger charge is 2.25. The summed E-state index contributed by atoms with van der Waals surface area (Å²) >= 11 is 5.80. The van der Waals surface area contributed by atoms with Gasteiger partial charge in [-0.3, -0.25) is 0 Å². The van der Waals surface area contributed by atoms with Crippen LogP contribution in [0.4, 0.5) is 0 Å². The Morgan fingerprint density at radius 3 is 1.42 bits per heavy atom. The molecule has 1 atom stereocenters. The summed E-state index contributed by atoms with van der Waals surface area (Å²) in [6, 6.07) is 0. The molecule has 2 nitrogen and oxygen atoms in total. The van der Waals surface area contributed by atoms with Gasteiger partial charge >= 0.3 is 0 Å². The predicted molar refractivity (Wildman–Crippen MR) is 113 cm³/mol. The van der Waals surface area contributed by atoms with E-state index in [1.807, 2.05) is 0 Å². The van der Waals surface area contributed by atoms with Crippen molar-refractivity contribution in [2.45, 2.75) is 110 Å². The van der Waals surface area contributed by atoms with E-state index in [0.29, 0.717) is 5.88 Å². The molecule has 1 unspecified atom stereocenters. The van der Waals surface area contributed by atoms with Crippen molar-refractivity contribution in [3.63, 3.8) is 0 Å². The standard InChI is InChI=1S/C22H47ClNO.ClH/c1-4-7-8-9-10-11-12-13-14-15-16-17-18-19-24(5-2,6-3)21-22(25)20-23;/h22,25H,4-21H2,1-3H3;1H/q+1;/p-1.